The third-order valence-corrected chi connectivity index (χ3v) is 2.87. The summed E-state index contributed by atoms with van der Waals surface area (Å²) in [6.07, 6.45) is 4.06. The first-order valence-electron chi connectivity index (χ1n) is 6.09. The van der Waals surface area contributed by atoms with E-state index < -0.39 is 0 Å². The first kappa shape index (κ1) is 14.1. The lowest BCUT2D eigenvalue weighted by Gasteiger charge is -2.24. The lowest BCUT2D eigenvalue weighted by Crippen LogP contribution is -2.37. The highest BCUT2D eigenvalue weighted by atomic mass is 16.3. The minimum Gasteiger partial charge on any atom is -0.393 e. The van der Waals surface area contributed by atoms with Crippen molar-refractivity contribution in [3.8, 4) is 0 Å². The van der Waals surface area contributed by atoms with Crippen molar-refractivity contribution < 1.29 is 5.11 Å². The molecule has 0 aliphatic heterocycles. The van der Waals surface area contributed by atoms with Crippen LogP contribution in [-0.4, -0.2) is 28.8 Å². The van der Waals surface area contributed by atoms with E-state index in [-0.39, 0.29) is 18.2 Å². The Hall–Kier alpha value is -0.970. The molecule has 1 aromatic rings. The largest absolute Gasteiger partial charge is 0.393 e. The van der Waals surface area contributed by atoms with Gasteiger partial charge >= 0.3 is 0 Å². The molecule has 0 bridgehead atoms. The van der Waals surface area contributed by atoms with Gasteiger partial charge in [-0.1, -0.05) is 0 Å². The number of hydrogen-bond donors (Lipinski definition) is 3. The van der Waals surface area contributed by atoms with Crippen molar-refractivity contribution in [2.45, 2.75) is 45.4 Å². The van der Waals surface area contributed by atoms with Crippen molar-refractivity contribution in [1.82, 2.24) is 10.3 Å². The van der Waals surface area contributed by atoms with Gasteiger partial charge < -0.3 is 16.2 Å². The number of aryl methyl sites for hydroxylation is 1. The smallest absolute Gasteiger partial charge is 0.0526 e. The number of nitrogens with one attached hydrogen (secondary N) is 1. The van der Waals surface area contributed by atoms with Gasteiger partial charge in [-0.25, -0.2) is 0 Å². The van der Waals surface area contributed by atoms with E-state index in [0.29, 0.717) is 6.54 Å². The van der Waals surface area contributed by atoms with E-state index >= 15 is 0 Å². The standard InChI is InChI=1S/C13H23N3O/c1-9-4-5-15-8-12(9)13(7-14)16-10(2)6-11(3)17/h4-5,8,10-11,13,16-17H,6-7,14H2,1-3H3. The van der Waals surface area contributed by atoms with E-state index in [1.54, 1.807) is 13.1 Å². The van der Waals surface area contributed by atoms with Crippen LogP contribution in [0.1, 0.15) is 37.4 Å². The van der Waals surface area contributed by atoms with Crippen molar-refractivity contribution in [2.75, 3.05) is 6.54 Å². The Morgan fingerprint density at radius 3 is 2.71 bits per heavy atom. The molecule has 3 atom stereocenters. The predicted molar refractivity (Wildman–Crippen MR) is 69.7 cm³/mol. The van der Waals surface area contributed by atoms with Crippen LogP contribution in [0.15, 0.2) is 18.5 Å². The zero-order chi connectivity index (χ0) is 12.8. The maximum Gasteiger partial charge on any atom is 0.0526 e. The molecule has 17 heavy (non-hydrogen) atoms. The van der Waals surface area contributed by atoms with Gasteiger partial charge in [0.05, 0.1) is 6.10 Å². The number of hydrogen-bond acceptors (Lipinski definition) is 4. The fraction of sp³-hybridized carbons (Fsp3) is 0.615. The van der Waals surface area contributed by atoms with E-state index in [0.717, 1.165) is 12.0 Å². The fourth-order valence-corrected chi connectivity index (χ4v) is 2.05. The van der Waals surface area contributed by atoms with E-state index in [2.05, 4.69) is 24.1 Å². The molecule has 0 amide bonds. The molecule has 0 saturated carbocycles. The monoisotopic (exact) mass is 237 g/mol. The van der Waals surface area contributed by atoms with Crippen LogP contribution in [0, 0.1) is 6.92 Å². The lowest BCUT2D eigenvalue weighted by molar-refractivity contribution is 0.168. The molecule has 0 aliphatic rings. The van der Waals surface area contributed by atoms with Gasteiger partial charge in [0.15, 0.2) is 0 Å². The van der Waals surface area contributed by atoms with E-state index in [1.807, 2.05) is 12.3 Å². The Kier molecular flexibility index (Phi) is 5.55. The Labute approximate surface area is 103 Å². The zero-order valence-corrected chi connectivity index (χ0v) is 10.9. The molecule has 4 heteroatoms. The molecular formula is C13H23N3O. The second kappa shape index (κ2) is 6.69. The Bertz CT molecular complexity index is 341. The van der Waals surface area contributed by atoms with Crippen LogP contribution in [0.4, 0.5) is 0 Å². The number of aliphatic hydroxyl groups excluding tert-OH is 1. The van der Waals surface area contributed by atoms with Gasteiger partial charge in [0.1, 0.15) is 0 Å². The lowest BCUT2D eigenvalue weighted by atomic mass is 10.0. The summed E-state index contributed by atoms with van der Waals surface area (Å²) >= 11 is 0. The van der Waals surface area contributed by atoms with Crippen LogP contribution in [-0.2, 0) is 0 Å². The third kappa shape index (κ3) is 4.42. The number of pyridine rings is 1. The van der Waals surface area contributed by atoms with Crippen molar-refractivity contribution in [3.05, 3.63) is 29.6 Å². The van der Waals surface area contributed by atoms with Crippen LogP contribution in [0.2, 0.25) is 0 Å². The number of nitrogens with zero attached hydrogens (tertiary/aromatic N) is 1. The van der Waals surface area contributed by atoms with Crippen molar-refractivity contribution in [1.29, 1.82) is 0 Å². The molecule has 1 heterocycles. The number of nitrogens with two attached hydrogens (primary N) is 1. The van der Waals surface area contributed by atoms with E-state index in [1.165, 1.54) is 5.56 Å². The summed E-state index contributed by atoms with van der Waals surface area (Å²) < 4.78 is 0. The van der Waals surface area contributed by atoms with Gasteiger partial charge in [-0.2, -0.15) is 0 Å². The quantitative estimate of drug-likeness (QED) is 0.694. The zero-order valence-electron chi connectivity index (χ0n) is 10.9. The molecule has 0 aromatic carbocycles. The molecule has 1 aromatic heterocycles. The highest BCUT2D eigenvalue weighted by Crippen LogP contribution is 2.16. The maximum atomic E-state index is 9.35. The minimum atomic E-state index is -0.300. The molecule has 0 fully saturated rings. The Morgan fingerprint density at radius 1 is 1.47 bits per heavy atom. The van der Waals surface area contributed by atoms with Gasteiger partial charge in [0.2, 0.25) is 0 Å². The fourth-order valence-electron chi connectivity index (χ4n) is 2.05. The number of aliphatic hydroxyl groups is 1. The number of rotatable bonds is 6. The normalized spacial score (nSPS) is 16.5. The van der Waals surface area contributed by atoms with Gasteiger partial charge in [-0.3, -0.25) is 4.98 Å². The van der Waals surface area contributed by atoms with E-state index in [9.17, 15) is 5.11 Å². The SMILES string of the molecule is Cc1ccncc1C(CN)NC(C)CC(C)O. The van der Waals surface area contributed by atoms with Crippen molar-refractivity contribution in [2.24, 2.45) is 5.73 Å². The summed E-state index contributed by atoms with van der Waals surface area (Å²) in [5.41, 5.74) is 8.12. The van der Waals surface area contributed by atoms with Crippen LogP contribution in [0.3, 0.4) is 0 Å². The van der Waals surface area contributed by atoms with Crippen LogP contribution in [0.5, 0.6) is 0 Å². The van der Waals surface area contributed by atoms with Crippen LogP contribution >= 0.6 is 0 Å². The predicted octanol–water partition coefficient (Wildman–Crippen LogP) is 1.14. The summed E-state index contributed by atoms with van der Waals surface area (Å²) in [5, 5.41) is 12.8. The van der Waals surface area contributed by atoms with Crippen LogP contribution in [0.25, 0.3) is 0 Å². The first-order valence-corrected chi connectivity index (χ1v) is 6.09. The first-order chi connectivity index (χ1) is 8.04. The average molecular weight is 237 g/mol. The van der Waals surface area contributed by atoms with E-state index in [4.69, 9.17) is 5.73 Å². The Morgan fingerprint density at radius 2 is 2.18 bits per heavy atom. The summed E-state index contributed by atoms with van der Waals surface area (Å²) in [6, 6.07) is 2.31. The average Bonchev–Trinajstić information content (AvgIpc) is 2.26. The second-order valence-corrected chi connectivity index (χ2v) is 4.67. The highest BCUT2D eigenvalue weighted by Gasteiger charge is 2.15. The minimum absolute atomic E-state index is 0.0949. The second-order valence-electron chi connectivity index (χ2n) is 4.67. The molecule has 0 radical (unpaired) electrons. The van der Waals surface area contributed by atoms with Gasteiger partial charge in [0.25, 0.3) is 0 Å². The molecule has 96 valence electrons. The van der Waals surface area contributed by atoms with Gasteiger partial charge in [0, 0.05) is 31.0 Å². The summed E-state index contributed by atoms with van der Waals surface area (Å²) in [5.74, 6) is 0. The topological polar surface area (TPSA) is 71.2 Å². The maximum absolute atomic E-state index is 9.35. The molecule has 0 saturated heterocycles. The van der Waals surface area contributed by atoms with Gasteiger partial charge in [-0.05, 0) is 44.4 Å². The summed E-state index contributed by atoms with van der Waals surface area (Å²) in [4.78, 5) is 4.14. The molecule has 4 N–H and O–H groups in total. The Balaban J connectivity index is 2.69. The van der Waals surface area contributed by atoms with Crippen LogP contribution < -0.4 is 11.1 Å². The van der Waals surface area contributed by atoms with Crippen molar-refractivity contribution >= 4 is 0 Å². The summed E-state index contributed by atoms with van der Waals surface area (Å²) in [7, 11) is 0. The summed E-state index contributed by atoms with van der Waals surface area (Å²) in [6.45, 7) is 6.43. The molecular weight excluding hydrogens is 214 g/mol. The molecule has 1 rings (SSSR count). The molecule has 0 spiro atoms. The van der Waals surface area contributed by atoms with Crippen molar-refractivity contribution in [3.63, 3.8) is 0 Å². The highest BCUT2D eigenvalue weighted by molar-refractivity contribution is 5.25. The molecule has 4 nitrogen and oxygen atoms in total. The third-order valence-electron chi connectivity index (χ3n) is 2.87. The van der Waals surface area contributed by atoms with Gasteiger partial charge in [-0.15, -0.1) is 0 Å². The number of aromatic nitrogens is 1. The molecule has 0 aliphatic carbocycles. The molecule has 3 unspecified atom stereocenters.